The molecular weight excluding hydrogens is 280 g/mol. The lowest BCUT2D eigenvalue weighted by Crippen LogP contribution is -1.92. The van der Waals surface area contributed by atoms with Crippen LogP contribution in [-0.4, -0.2) is 10.2 Å². The first-order valence-corrected chi connectivity index (χ1v) is 8.08. The third-order valence-electron chi connectivity index (χ3n) is 4.31. The number of aromatic nitrogens is 2. The van der Waals surface area contributed by atoms with Crippen molar-refractivity contribution in [3.8, 4) is 0 Å². The van der Waals surface area contributed by atoms with Gasteiger partial charge in [-0.2, -0.15) is 5.10 Å². The van der Waals surface area contributed by atoms with E-state index < -0.39 is 0 Å². The number of para-hydroxylation sites is 1. The highest BCUT2D eigenvalue weighted by molar-refractivity contribution is 5.90. The van der Waals surface area contributed by atoms with Gasteiger partial charge in [-0.15, -0.1) is 0 Å². The Hall–Kier alpha value is -2.61. The van der Waals surface area contributed by atoms with Crippen LogP contribution >= 0.6 is 0 Å². The Balaban J connectivity index is 1.73. The van der Waals surface area contributed by atoms with Crippen molar-refractivity contribution in [3.63, 3.8) is 0 Å². The Bertz CT molecular complexity index is 855. The summed E-state index contributed by atoms with van der Waals surface area (Å²) in [7, 11) is 0. The molecule has 3 aromatic rings. The molecule has 23 heavy (non-hydrogen) atoms. The van der Waals surface area contributed by atoms with Crippen LogP contribution in [-0.2, 0) is 6.42 Å². The van der Waals surface area contributed by atoms with E-state index in [0.717, 1.165) is 41.4 Å². The quantitative estimate of drug-likeness (QED) is 0.628. The molecule has 0 spiro atoms. The fourth-order valence-corrected chi connectivity index (χ4v) is 2.96. The maximum Gasteiger partial charge on any atom is 0.0953 e. The molecule has 2 heteroatoms. The monoisotopic (exact) mass is 302 g/mol. The van der Waals surface area contributed by atoms with E-state index in [-0.39, 0.29) is 0 Å². The Morgan fingerprint density at radius 2 is 1.65 bits per heavy atom. The van der Waals surface area contributed by atoms with Gasteiger partial charge in [-0.05, 0) is 47.6 Å². The lowest BCUT2D eigenvalue weighted by atomic mass is 9.94. The van der Waals surface area contributed by atoms with E-state index in [9.17, 15) is 0 Å². The van der Waals surface area contributed by atoms with Gasteiger partial charge in [0.15, 0.2) is 0 Å². The summed E-state index contributed by atoms with van der Waals surface area (Å²) in [6.45, 7) is 10.7. The Kier molecular flexibility index (Phi) is 4.42. The minimum Gasteiger partial charge on any atom is -0.277 e. The average Bonchev–Trinajstić information content (AvgIpc) is 3.03. The minimum atomic E-state index is 0.867. The Morgan fingerprint density at radius 3 is 2.48 bits per heavy atom. The fraction of sp³-hybridized carbons (Fsp3) is 0.190. The number of hydrogen-bond acceptors (Lipinski definition) is 1. The van der Waals surface area contributed by atoms with E-state index in [0.29, 0.717) is 0 Å². The second-order valence-electron chi connectivity index (χ2n) is 5.84. The average molecular weight is 302 g/mol. The van der Waals surface area contributed by atoms with Crippen LogP contribution in [0.1, 0.15) is 36.6 Å². The number of nitrogens with one attached hydrogen (secondary N) is 1. The normalized spacial score (nSPS) is 10.8. The highest BCUT2D eigenvalue weighted by Crippen LogP contribution is 2.29. The van der Waals surface area contributed by atoms with Crippen LogP contribution in [0.15, 0.2) is 61.7 Å². The topological polar surface area (TPSA) is 28.7 Å². The zero-order valence-electron chi connectivity index (χ0n) is 13.6. The molecule has 2 nitrogen and oxygen atoms in total. The summed E-state index contributed by atoms with van der Waals surface area (Å²) in [5, 5.41) is 8.63. The van der Waals surface area contributed by atoms with Gasteiger partial charge < -0.3 is 0 Å². The third-order valence-corrected chi connectivity index (χ3v) is 4.31. The van der Waals surface area contributed by atoms with Crippen molar-refractivity contribution in [1.29, 1.82) is 0 Å². The summed E-state index contributed by atoms with van der Waals surface area (Å²) >= 11 is 0. The summed E-state index contributed by atoms with van der Waals surface area (Å²) in [5.74, 6) is 0. The van der Waals surface area contributed by atoms with Crippen molar-refractivity contribution in [1.82, 2.24) is 10.2 Å². The summed E-state index contributed by atoms with van der Waals surface area (Å²) in [5.41, 5.74) is 6.88. The first-order valence-electron chi connectivity index (χ1n) is 8.08. The van der Waals surface area contributed by atoms with Crippen molar-refractivity contribution in [2.75, 3.05) is 0 Å². The van der Waals surface area contributed by atoms with Crippen LogP contribution in [0.2, 0.25) is 0 Å². The van der Waals surface area contributed by atoms with E-state index in [2.05, 4.69) is 60.6 Å². The number of H-pyrrole nitrogens is 1. The fourth-order valence-electron chi connectivity index (χ4n) is 2.96. The first-order chi connectivity index (χ1) is 11.2. The van der Waals surface area contributed by atoms with Crippen LogP contribution in [0.3, 0.4) is 0 Å². The number of rotatable bonds is 6. The smallest absolute Gasteiger partial charge is 0.0953 e. The molecule has 1 heterocycles. The lowest BCUT2D eigenvalue weighted by Gasteiger charge is -2.11. The SMILES string of the molecule is C=C(CCC(=C)c1n[nH]c2ccccc12)c1ccccc1CC. The standard InChI is InChI=1S/C21H22N2/c1-4-17-9-5-6-10-18(17)15(2)13-14-16(3)21-19-11-7-8-12-20(19)22-23-21/h5-12H,2-4,13-14H2,1H3,(H,22,23). The molecule has 0 aliphatic carbocycles. The van der Waals surface area contributed by atoms with E-state index in [1.54, 1.807) is 0 Å². The van der Waals surface area contributed by atoms with Gasteiger partial charge in [0.05, 0.1) is 11.2 Å². The van der Waals surface area contributed by atoms with Crippen molar-refractivity contribution in [2.24, 2.45) is 0 Å². The second-order valence-corrected chi connectivity index (χ2v) is 5.84. The summed E-state index contributed by atoms with van der Waals surface area (Å²) in [6.07, 6.45) is 2.79. The van der Waals surface area contributed by atoms with E-state index in [1.165, 1.54) is 16.7 Å². The van der Waals surface area contributed by atoms with Gasteiger partial charge in [-0.3, -0.25) is 5.10 Å². The van der Waals surface area contributed by atoms with E-state index in [4.69, 9.17) is 0 Å². The molecule has 116 valence electrons. The number of fused-ring (bicyclic) bond motifs is 1. The predicted molar refractivity (Wildman–Crippen MR) is 99.2 cm³/mol. The lowest BCUT2D eigenvalue weighted by molar-refractivity contribution is 1.04. The molecule has 0 atom stereocenters. The molecule has 0 unspecified atom stereocenters. The van der Waals surface area contributed by atoms with Crippen molar-refractivity contribution >= 4 is 22.0 Å². The highest BCUT2D eigenvalue weighted by atomic mass is 15.1. The van der Waals surface area contributed by atoms with Crippen LogP contribution in [0.25, 0.3) is 22.0 Å². The third kappa shape index (κ3) is 3.11. The highest BCUT2D eigenvalue weighted by Gasteiger charge is 2.10. The maximum atomic E-state index is 4.43. The number of benzene rings is 2. The molecule has 0 bridgehead atoms. The maximum absolute atomic E-state index is 4.43. The molecule has 1 N–H and O–H groups in total. The molecule has 0 saturated heterocycles. The van der Waals surface area contributed by atoms with Gasteiger partial charge in [-0.25, -0.2) is 0 Å². The van der Waals surface area contributed by atoms with Crippen molar-refractivity contribution in [3.05, 3.63) is 78.5 Å². The predicted octanol–water partition coefficient (Wildman–Crippen LogP) is 5.63. The molecule has 1 aromatic heterocycles. The molecule has 0 saturated carbocycles. The first kappa shape index (κ1) is 15.3. The van der Waals surface area contributed by atoms with Crippen molar-refractivity contribution in [2.45, 2.75) is 26.2 Å². The van der Waals surface area contributed by atoms with Gasteiger partial charge in [0, 0.05) is 5.39 Å². The molecule has 0 fully saturated rings. The van der Waals surface area contributed by atoms with Gasteiger partial charge >= 0.3 is 0 Å². The van der Waals surface area contributed by atoms with Gasteiger partial charge in [0.25, 0.3) is 0 Å². The summed E-state index contributed by atoms with van der Waals surface area (Å²) < 4.78 is 0. The Morgan fingerprint density at radius 1 is 0.957 bits per heavy atom. The molecular formula is C21H22N2. The molecule has 0 radical (unpaired) electrons. The molecule has 2 aromatic carbocycles. The van der Waals surface area contributed by atoms with Crippen molar-refractivity contribution < 1.29 is 0 Å². The number of nitrogens with zero attached hydrogens (tertiary/aromatic N) is 1. The zero-order valence-corrected chi connectivity index (χ0v) is 13.6. The molecule has 0 aliphatic heterocycles. The number of aryl methyl sites for hydroxylation is 1. The van der Waals surface area contributed by atoms with E-state index >= 15 is 0 Å². The number of aromatic amines is 1. The minimum absolute atomic E-state index is 0.867. The number of allylic oxidation sites excluding steroid dienone is 2. The zero-order chi connectivity index (χ0) is 16.2. The van der Waals surface area contributed by atoms with Gasteiger partial charge in [0.2, 0.25) is 0 Å². The largest absolute Gasteiger partial charge is 0.277 e. The number of hydrogen-bond donors (Lipinski definition) is 1. The molecule has 0 aliphatic rings. The van der Waals surface area contributed by atoms with Crippen LogP contribution < -0.4 is 0 Å². The summed E-state index contributed by atoms with van der Waals surface area (Å²) in [4.78, 5) is 0. The molecule has 3 rings (SSSR count). The van der Waals surface area contributed by atoms with Crippen LogP contribution in [0.4, 0.5) is 0 Å². The Labute approximate surface area is 137 Å². The van der Waals surface area contributed by atoms with Crippen LogP contribution in [0.5, 0.6) is 0 Å². The summed E-state index contributed by atoms with van der Waals surface area (Å²) in [6, 6.07) is 16.7. The second kappa shape index (κ2) is 6.66. The molecule has 0 amide bonds. The van der Waals surface area contributed by atoms with Gasteiger partial charge in [-0.1, -0.05) is 62.5 Å². The van der Waals surface area contributed by atoms with E-state index in [1.807, 2.05) is 18.2 Å². The van der Waals surface area contributed by atoms with Gasteiger partial charge in [0.1, 0.15) is 0 Å². The van der Waals surface area contributed by atoms with Crippen LogP contribution in [0, 0.1) is 0 Å².